The highest BCUT2D eigenvalue weighted by atomic mass is 16.3. The predicted molar refractivity (Wildman–Crippen MR) is 55.2 cm³/mol. The van der Waals surface area contributed by atoms with Gasteiger partial charge in [-0.25, -0.2) is 0 Å². The fourth-order valence-electron chi connectivity index (χ4n) is 4.17. The maximum atomic E-state index is 10.1. The van der Waals surface area contributed by atoms with Crippen LogP contribution >= 0.6 is 0 Å². The summed E-state index contributed by atoms with van der Waals surface area (Å²) in [6, 6.07) is 0.811. The molecule has 4 atom stereocenters. The molecule has 1 heterocycles. The van der Waals surface area contributed by atoms with Crippen molar-refractivity contribution < 1.29 is 10.0 Å². The number of aliphatic hydroxyl groups excluding tert-OH is 1. The zero-order valence-electron chi connectivity index (χ0n) is 8.91. The summed E-state index contributed by atoms with van der Waals surface area (Å²) in [5.41, 5.74) is 0. The van der Waals surface area contributed by atoms with Gasteiger partial charge in [0.15, 0.2) is 0 Å². The van der Waals surface area contributed by atoms with E-state index in [1.807, 2.05) is 4.90 Å². The number of hydrogen-bond donors (Lipinski definition) is 2. The molecule has 2 heteroatoms. The minimum Gasteiger partial charge on any atom is -0.392 e. The van der Waals surface area contributed by atoms with Crippen molar-refractivity contribution >= 4 is 0 Å². The molecule has 3 rings (SSSR count). The maximum absolute atomic E-state index is 10.1. The lowest BCUT2D eigenvalue weighted by atomic mass is 9.81. The van der Waals surface area contributed by atoms with Crippen molar-refractivity contribution in [2.75, 3.05) is 13.1 Å². The summed E-state index contributed by atoms with van der Waals surface area (Å²) in [5.74, 6) is 1.32. The van der Waals surface area contributed by atoms with Crippen molar-refractivity contribution in [2.24, 2.45) is 11.8 Å². The first-order valence-electron chi connectivity index (χ1n) is 6.39. The number of likely N-dealkylation sites (tertiary alicyclic amines) is 1. The van der Waals surface area contributed by atoms with E-state index in [-0.39, 0.29) is 6.10 Å². The first-order chi connectivity index (χ1) is 6.86. The van der Waals surface area contributed by atoms with Crippen molar-refractivity contribution in [3.63, 3.8) is 0 Å². The maximum Gasteiger partial charge on any atom is 0.0928 e. The fourth-order valence-corrected chi connectivity index (χ4v) is 4.17. The van der Waals surface area contributed by atoms with Gasteiger partial charge in [0.25, 0.3) is 0 Å². The Labute approximate surface area is 86.3 Å². The smallest absolute Gasteiger partial charge is 0.0928 e. The summed E-state index contributed by atoms with van der Waals surface area (Å²) in [7, 11) is 0. The molecular formula is C12H22NO+. The van der Waals surface area contributed by atoms with Crippen molar-refractivity contribution in [3.8, 4) is 0 Å². The molecule has 2 aliphatic carbocycles. The van der Waals surface area contributed by atoms with Gasteiger partial charge in [0.1, 0.15) is 0 Å². The molecule has 0 amide bonds. The molecule has 0 aromatic carbocycles. The molecular weight excluding hydrogens is 174 g/mol. The van der Waals surface area contributed by atoms with Gasteiger partial charge in [-0.2, -0.15) is 0 Å². The van der Waals surface area contributed by atoms with Gasteiger partial charge in [0.05, 0.1) is 25.2 Å². The third-order valence-electron chi connectivity index (χ3n) is 4.93. The molecule has 1 aliphatic heterocycles. The first kappa shape index (κ1) is 9.17. The number of quaternary nitrogens is 1. The van der Waals surface area contributed by atoms with Crippen LogP contribution in [0.4, 0.5) is 0 Å². The molecule has 14 heavy (non-hydrogen) atoms. The lowest BCUT2D eigenvalue weighted by molar-refractivity contribution is -0.919. The molecule has 0 aromatic heterocycles. The van der Waals surface area contributed by atoms with E-state index in [4.69, 9.17) is 0 Å². The summed E-state index contributed by atoms with van der Waals surface area (Å²) in [5, 5.41) is 10.1. The van der Waals surface area contributed by atoms with E-state index in [1.165, 1.54) is 51.6 Å². The van der Waals surface area contributed by atoms with Crippen LogP contribution in [-0.4, -0.2) is 30.3 Å². The molecule has 0 spiro atoms. The number of aliphatic hydroxyl groups is 1. The Hall–Kier alpha value is -0.0800. The van der Waals surface area contributed by atoms with Crippen LogP contribution in [-0.2, 0) is 0 Å². The van der Waals surface area contributed by atoms with Crippen molar-refractivity contribution in [2.45, 2.75) is 50.7 Å². The topological polar surface area (TPSA) is 24.7 Å². The Morgan fingerprint density at radius 3 is 2.43 bits per heavy atom. The summed E-state index contributed by atoms with van der Waals surface area (Å²) in [6.45, 7) is 2.75. The van der Waals surface area contributed by atoms with Crippen molar-refractivity contribution in [1.29, 1.82) is 0 Å². The average Bonchev–Trinajstić information content (AvgIpc) is 2.76. The van der Waals surface area contributed by atoms with Gasteiger partial charge in [0.2, 0.25) is 0 Å². The van der Waals surface area contributed by atoms with Crippen LogP contribution in [0.5, 0.6) is 0 Å². The number of fused-ring (bicyclic) bond motifs is 2. The second-order valence-electron chi connectivity index (χ2n) is 5.54. The van der Waals surface area contributed by atoms with Crippen LogP contribution < -0.4 is 4.90 Å². The summed E-state index contributed by atoms with van der Waals surface area (Å²) >= 11 is 0. The van der Waals surface area contributed by atoms with Gasteiger partial charge in [-0.15, -0.1) is 0 Å². The van der Waals surface area contributed by atoms with Crippen LogP contribution in [0.25, 0.3) is 0 Å². The molecule has 2 bridgehead atoms. The summed E-state index contributed by atoms with van der Waals surface area (Å²) in [6.07, 6.45) is 8.18. The zero-order valence-corrected chi connectivity index (χ0v) is 8.91. The predicted octanol–water partition coefficient (Wildman–Crippen LogP) is 0.215. The van der Waals surface area contributed by atoms with E-state index in [1.54, 1.807) is 0 Å². The standard InChI is InChI=1S/C12H21NO/c14-12-9-3-5-10(12)11(6-4-9)13-7-1-2-8-13/h9-12,14H,1-8H2/p+1/t9-,10+,11+,12-/m1/s1. The molecule has 3 fully saturated rings. The van der Waals surface area contributed by atoms with E-state index in [9.17, 15) is 5.11 Å². The highest BCUT2D eigenvalue weighted by molar-refractivity contribution is 4.93. The molecule has 2 N–H and O–H groups in total. The van der Waals surface area contributed by atoms with Crippen molar-refractivity contribution in [1.82, 2.24) is 0 Å². The molecule has 0 aromatic rings. The van der Waals surface area contributed by atoms with Crippen molar-refractivity contribution in [3.05, 3.63) is 0 Å². The van der Waals surface area contributed by atoms with E-state index >= 15 is 0 Å². The van der Waals surface area contributed by atoms with Gasteiger partial charge in [0, 0.05) is 25.2 Å². The molecule has 3 aliphatic rings. The van der Waals surface area contributed by atoms with E-state index in [0.717, 1.165) is 6.04 Å². The van der Waals surface area contributed by atoms with Crippen LogP contribution in [0.15, 0.2) is 0 Å². The fraction of sp³-hybridized carbons (Fsp3) is 1.00. The average molecular weight is 196 g/mol. The van der Waals surface area contributed by atoms with Crippen LogP contribution in [0.1, 0.15) is 38.5 Å². The lowest BCUT2D eigenvalue weighted by Gasteiger charge is -2.36. The minimum absolute atomic E-state index is 0.0573. The minimum atomic E-state index is 0.0573. The zero-order chi connectivity index (χ0) is 9.54. The Balaban J connectivity index is 1.73. The van der Waals surface area contributed by atoms with Crippen LogP contribution in [0.2, 0.25) is 0 Å². The van der Waals surface area contributed by atoms with E-state index < -0.39 is 0 Å². The quantitative estimate of drug-likeness (QED) is 0.616. The largest absolute Gasteiger partial charge is 0.392 e. The Bertz CT molecular complexity index is 212. The number of rotatable bonds is 1. The molecule has 2 saturated carbocycles. The van der Waals surface area contributed by atoms with Gasteiger partial charge in [-0.3, -0.25) is 0 Å². The Morgan fingerprint density at radius 2 is 1.64 bits per heavy atom. The lowest BCUT2D eigenvalue weighted by Crippen LogP contribution is -3.15. The molecule has 0 unspecified atom stereocenters. The molecule has 80 valence electrons. The van der Waals surface area contributed by atoms with E-state index in [2.05, 4.69) is 0 Å². The van der Waals surface area contributed by atoms with E-state index in [0.29, 0.717) is 11.8 Å². The normalized spacial score (nSPS) is 48.6. The molecule has 1 saturated heterocycles. The third kappa shape index (κ3) is 1.31. The number of nitrogens with one attached hydrogen (secondary N) is 1. The highest BCUT2D eigenvalue weighted by Crippen LogP contribution is 2.41. The Morgan fingerprint density at radius 1 is 0.929 bits per heavy atom. The van der Waals surface area contributed by atoms with Crippen LogP contribution in [0, 0.1) is 11.8 Å². The van der Waals surface area contributed by atoms with Crippen LogP contribution in [0.3, 0.4) is 0 Å². The van der Waals surface area contributed by atoms with Gasteiger partial charge in [-0.05, 0) is 25.2 Å². The molecule has 2 nitrogen and oxygen atoms in total. The SMILES string of the molecule is O[C@@H]1[C@@H]2CC[C@H]1[C@@H]([NH+]1CCCC1)CC2. The second-order valence-corrected chi connectivity index (χ2v) is 5.54. The number of hydrogen-bond acceptors (Lipinski definition) is 1. The first-order valence-corrected chi connectivity index (χ1v) is 6.39. The Kier molecular flexibility index (Phi) is 2.29. The van der Waals surface area contributed by atoms with Gasteiger partial charge < -0.3 is 10.0 Å². The molecule has 0 radical (unpaired) electrons. The highest BCUT2D eigenvalue weighted by Gasteiger charge is 2.47. The monoisotopic (exact) mass is 196 g/mol. The second kappa shape index (κ2) is 3.49. The summed E-state index contributed by atoms with van der Waals surface area (Å²) < 4.78 is 0. The van der Waals surface area contributed by atoms with Gasteiger partial charge in [-0.1, -0.05) is 0 Å². The summed E-state index contributed by atoms with van der Waals surface area (Å²) in [4.78, 5) is 1.81. The van der Waals surface area contributed by atoms with Gasteiger partial charge >= 0.3 is 0 Å². The third-order valence-corrected chi connectivity index (χ3v) is 4.93.